The van der Waals surface area contributed by atoms with Crippen LogP contribution in [0.3, 0.4) is 0 Å². The molecule has 1 unspecified atom stereocenters. The van der Waals surface area contributed by atoms with Crippen LogP contribution in [-0.4, -0.2) is 104 Å². The first-order valence-corrected chi connectivity index (χ1v) is 17.5. The Labute approximate surface area is 294 Å². The number of ether oxygens (including phenoxy) is 6. The van der Waals surface area contributed by atoms with Gasteiger partial charge in [0, 0.05) is 43.0 Å². The fraction of sp³-hybridized carbons (Fsp3) is 0.735. The van der Waals surface area contributed by atoms with E-state index in [-0.39, 0.29) is 44.7 Å². The Morgan fingerprint density at radius 1 is 1.10 bits per heavy atom. The third-order valence-electron chi connectivity index (χ3n) is 9.50. The van der Waals surface area contributed by atoms with Gasteiger partial charge in [0.05, 0.1) is 48.8 Å². The van der Waals surface area contributed by atoms with Crippen LogP contribution in [0.4, 0.5) is 9.59 Å². The molecule has 0 saturated carbocycles. The van der Waals surface area contributed by atoms with Crippen molar-refractivity contribution in [1.82, 2.24) is 14.7 Å². The van der Waals surface area contributed by atoms with Crippen molar-refractivity contribution in [1.29, 1.82) is 0 Å². The van der Waals surface area contributed by atoms with Crippen molar-refractivity contribution in [3.63, 3.8) is 0 Å². The van der Waals surface area contributed by atoms with Crippen LogP contribution >= 0.6 is 11.6 Å². The van der Waals surface area contributed by atoms with Crippen LogP contribution in [0.5, 0.6) is 0 Å². The number of aromatic nitrogens is 2. The number of nitrogens with zero attached hydrogens (tertiary/aromatic N) is 3. The number of rotatable bonds is 10. The average molecular weight is 708 g/mol. The number of carbonyl (C=O) groups is 2. The first kappa shape index (κ1) is 37.6. The molecule has 2 aromatic rings. The minimum Gasteiger partial charge on any atom is -0.444 e. The van der Waals surface area contributed by atoms with E-state index in [2.05, 4.69) is 0 Å². The van der Waals surface area contributed by atoms with Crippen molar-refractivity contribution in [2.24, 2.45) is 5.92 Å². The molecule has 13 nitrogen and oxygen atoms in total. The van der Waals surface area contributed by atoms with Gasteiger partial charge in [0.1, 0.15) is 12.4 Å². The van der Waals surface area contributed by atoms with Gasteiger partial charge in [-0.2, -0.15) is 5.10 Å². The topological polar surface area (TPSA) is 129 Å². The summed E-state index contributed by atoms with van der Waals surface area (Å²) in [7, 11) is 0.819. The van der Waals surface area contributed by atoms with Crippen molar-refractivity contribution in [2.45, 2.75) is 110 Å². The number of amides is 1. The lowest BCUT2D eigenvalue weighted by Crippen LogP contribution is -2.49. The average Bonchev–Trinajstić information content (AvgIpc) is 3.54. The summed E-state index contributed by atoms with van der Waals surface area (Å²) in [6.07, 6.45) is 3.85. The van der Waals surface area contributed by atoms with Crippen LogP contribution in [0, 0.1) is 5.92 Å². The number of hydrogen-bond acceptors (Lipinski definition) is 11. The quantitative estimate of drug-likeness (QED) is 0.173. The lowest BCUT2D eigenvalue weighted by Gasteiger charge is -2.37. The van der Waals surface area contributed by atoms with E-state index in [0.717, 1.165) is 41.2 Å². The lowest BCUT2D eigenvalue weighted by atomic mass is 9.73. The van der Waals surface area contributed by atoms with E-state index < -0.39 is 36.2 Å². The Morgan fingerprint density at radius 2 is 1.84 bits per heavy atom. The van der Waals surface area contributed by atoms with Gasteiger partial charge in [-0.15, -0.1) is 0 Å². The monoisotopic (exact) mass is 707 g/mol. The molecule has 1 aromatic heterocycles. The van der Waals surface area contributed by atoms with Crippen molar-refractivity contribution in [2.75, 3.05) is 46.8 Å². The second kappa shape index (κ2) is 15.3. The molecule has 3 saturated heterocycles. The highest BCUT2D eigenvalue weighted by molar-refractivity contribution is 6.66. The van der Waals surface area contributed by atoms with Crippen LogP contribution in [0.1, 0.15) is 85.9 Å². The van der Waals surface area contributed by atoms with Crippen molar-refractivity contribution in [3.05, 3.63) is 22.8 Å². The number of fused-ring (bicyclic) bond motifs is 1. The van der Waals surface area contributed by atoms with Crippen molar-refractivity contribution in [3.8, 4) is 0 Å². The molecule has 3 fully saturated rings. The summed E-state index contributed by atoms with van der Waals surface area (Å²) in [6.45, 7) is 14.9. The number of benzene rings is 1. The highest BCUT2D eigenvalue weighted by Gasteiger charge is 2.53. The van der Waals surface area contributed by atoms with Crippen LogP contribution in [0.15, 0.2) is 12.3 Å². The fourth-order valence-corrected chi connectivity index (χ4v) is 6.65. The molecule has 3 aliphatic rings. The number of methoxy groups -OCH3 is 1. The molecule has 0 radical (unpaired) electrons. The minimum atomic E-state index is -0.819. The molecule has 1 amide bonds. The zero-order chi connectivity index (χ0) is 35.6. The summed E-state index contributed by atoms with van der Waals surface area (Å²) in [5.41, 5.74) is 0.505. The molecule has 0 N–H and O–H groups in total. The first-order chi connectivity index (χ1) is 23.1. The summed E-state index contributed by atoms with van der Waals surface area (Å²) in [4.78, 5) is 27.2. The maximum Gasteiger partial charge on any atom is 0.508 e. The highest BCUT2D eigenvalue weighted by Crippen LogP contribution is 2.39. The van der Waals surface area contributed by atoms with Gasteiger partial charge < -0.3 is 42.6 Å². The zero-order valence-electron chi connectivity index (χ0n) is 30.0. The van der Waals surface area contributed by atoms with Gasteiger partial charge in [-0.1, -0.05) is 11.6 Å². The molecule has 272 valence electrons. The van der Waals surface area contributed by atoms with Crippen molar-refractivity contribution >= 4 is 47.3 Å². The van der Waals surface area contributed by atoms with Crippen LogP contribution < -0.4 is 5.46 Å². The lowest BCUT2D eigenvalue weighted by molar-refractivity contribution is -0.105. The third kappa shape index (κ3) is 9.01. The molecule has 15 heteroatoms. The summed E-state index contributed by atoms with van der Waals surface area (Å²) < 4.78 is 48.3. The van der Waals surface area contributed by atoms with Gasteiger partial charge in [-0.3, -0.25) is 0 Å². The Kier molecular flexibility index (Phi) is 11.8. The molecule has 0 aliphatic carbocycles. The molecule has 0 spiro atoms. The summed E-state index contributed by atoms with van der Waals surface area (Å²) in [5, 5.41) is 6.03. The highest BCUT2D eigenvalue weighted by atomic mass is 35.5. The Hall–Kier alpha value is -2.62. The van der Waals surface area contributed by atoms with E-state index in [1.807, 2.05) is 59.2 Å². The standard InChI is InChI=1S/C34H51BClN3O10/c1-32(2,3)47-30(40)38-18-22(15-23(19-38)46-21-42-8)20-45-31(41)44-14-12-24-26(36)16-27-25(17-37-39(27)28-11-9-10-13-43-28)29(24)35-48-33(4,5)34(6,7)49-35/h16-17,22-23,28H,9-15,18-21H2,1-8H3/t22-,23+,28?/m1/s1. The predicted octanol–water partition coefficient (Wildman–Crippen LogP) is 5.63. The van der Waals surface area contributed by atoms with E-state index >= 15 is 0 Å². The molecule has 5 rings (SSSR count). The van der Waals surface area contributed by atoms with Crippen LogP contribution in [0.2, 0.25) is 5.02 Å². The number of carbonyl (C=O) groups excluding carboxylic acids is 2. The van der Waals surface area contributed by atoms with E-state index in [9.17, 15) is 9.59 Å². The van der Waals surface area contributed by atoms with Gasteiger partial charge in [-0.05, 0) is 91.2 Å². The van der Waals surface area contributed by atoms with E-state index in [1.54, 1.807) is 11.1 Å². The maximum atomic E-state index is 12.8. The van der Waals surface area contributed by atoms with Gasteiger partial charge in [0.25, 0.3) is 0 Å². The predicted molar refractivity (Wildman–Crippen MR) is 183 cm³/mol. The van der Waals surface area contributed by atoms with Crippen LogP contribution in [-0.2, 0) is 44.2 Å². The molecule has 1 aromatic carbocycles. The number of hydrogen-bond donors (Lipinski definition) is 0. The van der Waals surface area contributed by atoms with Crippen LogP contribution in [0.25, 0.3) is 10.9 Å². The number of halogens is 1. The van der Waals surface area contributed by atoms with E-state index in [0.29, 0.717) is 31.1 Å². The molecule has 3 atom stereocenters. The number of likely N-dealkylation sites (tertiary alicyclic amines) is 1. The minimum absolute atomic E-state index is 0.00468. The summed E-state index contributed by atoms with van der Waals surface area (Å²) >= 11 is 6.98. The number of piperidine rings is 1. The Morgan fingerprint density at radius 3 is 2.49 bits per heavy atom. The molecular formula is C34H51BClN3O10. The van der Waals surface area contributed by atoms with Gasteiger partial charge in [-0.25, -0.2) is 14.3 Å². The molecule has 3 aliphatic heterocycles. The first-order valence-electron chi connectivity index (χ1n) is 17.1. The smallest absolute Gasteiger partial charge is 0.444 e. The third-order valence-corrected chi connectivity index (χ3v) is 9.84. The Balaban J connectivity index is 1.27. The van der Waals surface area contributed by atoms with Crippen molar-refractivity contribution < 1.29 is 47.3 Å². The van der Waals surface area contributed by atoms with Gasteiger partial charge in [0.2, 0.25) is 0 Å². The van der Waals surface area contributed by atoms with E-state index in [4.69, 9.17) is 54.4 Å². The summed E-state index contributed by atoms with van der Waals surface area (Å²) in [5.74, 6) is -0.188. The SMILES string of the molecule is COCO[C@H]1C[C@@H](COC(=O)OCCc2c(Cl)cc3c(cnn3C3CCCCO3)c2B2OC(C)(C)C(C)(C)O2)CN(C(=O)OC(C)(C)C)C1. The summed E-state index contributed by atoms with van der Waals surface area (Å²) in [6, 6.07) is 1.88. The van der Waals surface area contributed by atoms with Gasteiger partial charge in [0.15, 0.2) is 6.23 Å². The molecule has 49 heavy (non-hydrogen) atoms. The second-order valence-electron chi connectivity index (χ2n) is 15.0. The molecular weight excluding hydrogens is 657 g/mol. The second-order valence-corrected chi connectivity index (χ2v) is 15.4. The van der Waals surface area contributed by atoms with Gasteiger partial charge >= 0.3 is 19.4 Å². The Bertz CT molecular complexity index is 1460. The zero-order valence-corrected chi connectivity index (χ0v) is 30.8. The molecule has 4 heterocycles. The van der Waals surface area contributed by atoms with E-state index in [1.165, 1.54) is 7.11 Å². The molecule has 0 bridgehead atoms. The maximum absolute atomic E-state index is 12.8. The fourth-order valence-electron chi connectivity index (χ4n) is 6.35. The normalized spacial score (nSPS) is 23.9. The largest absolute Gasteiger partial charge is 0.508 e.